The highest BCUT2D eigenvalue weighted by Gasteiger charge is 2.39. The third kappa shape index (κ3) is 3.78. The molecule has 0 unspecified atom stereocenters. The van der Waals surface area contributed by atoms with Crippen molar-refractivity contribution in [1.82, 2.24) is 0 Å². The van der Waals surface area contributed by atoms with E-state index in [1.165, 1.54) is 0 Å². The van der Waals surface area contributed by atoms with Crippen molar-refractivity contribution >= 4 is 7.82 Å². The lowest BCUT2D eigenvalue weighted by Crippen LogP contribution is -2.49. The molecule has 1 rings (SSSR count). The summed E-state index contributed by atoms with van der Waals surface area (Å²) in [5.74, 6) is 0. The van der Waals surface area contributed by atoms with Crippen LogP contribution in [0.1, 0.15) is 6.42 Å². The summed E-state index contributed by atoms with van der Waals surface area (Å²) in [6.45, 7) is -0.533. The Bertz CT molecular complexity index is 252. The Kier molecular flexibility index (Phi) is 4.21. The van der Waals surface area contributed by atoms with Crippen LogP contribution < -0.4 is 0 Å². The van der Waals surface area contributed by atoms with Crippen molar-refractivity contribution in [3.8, 4) is 0 Å². The molecule has 15 heavy (non-hydrogen) atoms. The normalized spacial score (nSPS) is 37.9. The molecule has 4 atom stereocenters. The van der Waals surface area contributed by atoms with Gasteiger partial charge in [-0.2, -0.15) is 0 Å². The summed E-state index contributed by atoms with van der Waals surface area (Å²) >= 11 is 0. The summed E-state index contributed by atoms with van der Waals surface area (Å²) in [5.41, 5.74) is 0. The van der Waals surface area contributed by atoms with Crippen LogP contribution in [0.4, 0.5) is 0 Å². The number of phosphoric ester groups is 1. The number of rotatable bonds is 3. The maximum atomic E-state index is 10.5. The van der Waals surface area contributed by atoms with Gasteiger partial charge in [0.05, 0.1) is 12.7 Å². The zero-order chi connectivity index (χ0) is 11.6. The summed E-state index contributed by atoms with van der Waals surface area (Å²) in [6.07, 6.45) is -5.20. The van der Waals surface area contributed by atoms with Crippen molar-refractivity contribution < 1.29 is 38.9 Å². The van der Waals surface area contributed by atoms with Crippen molar-refractivity contribution in [2.24, 2.45) is 0 Å². The second-order valence-corrected chi connectivity index (χ2v) is 4.38. The molecule has 0 aliphatic carbocycles. The molecule has 1 aliphatic heterocycles. The quantitative estimate of drug-likeness (QED) is 0.357. The smallest absolute Gasteiger partial charge is 0.394 e. The van der Waals surface area contributed by atoms with Gasteiger partial charge in [0, 0.05) is 6.42 Å². The molecular formula is C6H13O8P. The third-order valence-electron chi connectivity index (χ3n) is 1.96. The van der Waals surface area contributed by atoms with E-state index in [1.54, 1.807) is 0 Å². The van der Waals surface area contributed by atoms with Gasteiger partial charge < -0.3 is 29.8 Å². The van der Waals surface area contributed by atoms with E-state index in [0.717, 1.165) is 0 Å². The lowest BCUT2D eigenvalue weighted by atomic mass is 10.0. The molecular weight excluding hydrogens is 231 g/mol. The van der Waals surface area contributed by atoms with Crippen LogP contribution in [0.2, 0.25) is 0 Å². The van der Waals surface area contributed by atoms with E-state index in [2.05, 4.69) is 4.52 Å². The fourth-order valence-corrected chi connectivity index (χ4v) is 1.72. The molecule has 1 saturated heterocycles. The fourth-order valence-electron chi connectivity index (χ4n) is 1.26. The Morgan fingerprint density at radius 3 is 2.40 bits per heavy atom. The predicted octanol–water partition coefficient (Wildman–Crippen LogP) is -2.08. The Balaban J connectivity index is 2.61. The molecule has 0 amide bonds. The van der Waals surface area contributed by atoms with Gasteiger partial charge in [-0.3, -0.25) is 4.52 Å². The average Bonchev–Trinajstić information content (AvgIpc) is 2.07. The Labute approximate surface area is 85.3 Å². The monoisotopic (exact) mass is 244 g/mol. The van der Waals surface area contributed by atoms with Crippen molar-refractivity contribution in [2.45, 2.75) is 31.0 Å². The van der Waals surface area contributed by atoms with Gasteiger partial charge in [-0.05, 0) is 0 Å². The molecule has 0 aromatic heterocycles. The highest BCUT2D eigenvalue weighted by molar-refractivity contribution is 7.46. The molecule has 0 saturated carbocycles. The largest absolute Gasteiger partial charge is 0.472 e. The summed E-state index contributed by atoms with van der Waals surface area (Å²) in [4.78, 5) is 17.0. The van der Waals surface area contributed by atoms with Gasteiger partial charge in [0.25, 0.3) is 0 Å². The van der Waals surface area contributed by atoms with Crippen LogP contribution in [0.15, 0.2) is 0 Å². The maximum Gasteiger partial charge on any atom is 0.472 e. The second-order valence-electron chi connectivity index (χ2n) is 3.19. The molecule has 9 heteroatoms. The molecule has 1 aliphatic rings. The van der Waals surface area contributed by atoms with Gasteiger partial charge >= 0.3 is 7.82 Å². The molecule has 0 aromatic carbocycles. The number of aliphatic hydroxyl groups excluding tert-OH is 3. The van der Waals surface area contributed by atoms with E-state index in [4.69, 9.17) is 19.6 Å². The van der Waals surface area contributed by atoms with Gasteiger partial charge in [0.2, 0.25) is 0 Å². The molecule has 5 N–H and O–H groups in total. The third-order valence-corrected chi connectivity index (χ3v) is 2.44. The van der Waals surface area contributed by atoms with Crippen molar-refractivity contribution in [2.75, 3.05) is 6.61 Å². The molecule has 0 spiro atoms. The fraction of sp³-hybridized carbons (Fsp3) is 1.00. The Morgan fingerprint density at radius 2 is 1.93 bits per heavy atom. The van der Waals surface area contributed by atoms with Crippen LogP contribution in [-0.2, 0) is 13.8 Å². The summed E-state index contributed by atoms with van der Waals surface area (Å²) < 4.78 is 19.4. The minimum absolute atomic E-state index is 0.185. The molecule has 0 bridgehead atoms. The first-order valence-electron chi connectivity index (χ1n) is 4.20. The van der Waals surface area contributed by atoms with E-state index in [1.807, 2.05) is 0 Å². The number of ether oxygens (including phenoxy) is 1. The number of aliphatic hydroxyl groups is 3. The summed E-state index contributed by atoms with van der Waals surface area (Å²) in [6, 6.07) is 0. The minimum atomic E-state index is -4.78. The summed E-state index contributed by atoms with van der Waals surface area (Å²) in [5, 5.41) is 27.3. The van der Waals surface area contributed by atoms with Crippen LogP contribution in [-0.4, -0.2) is 56.3 Å². The molecule has 90 valence electrons. The number of hydrogen-bond acceptors (Lipinski definition) is 6. The first-order valence-corrected chi connectivity index (χ1v) is 5.73. The Morgan fingerprint density at radius 1 is 1.33 bits per heavy atom. The van der Waals surface area contributed by atoms with Crippen molar-refractivity contribution in [3.05, 3.63) is 0 Å². The van der Waals surface area contributed by atoms with Crippen LogP contribution >= 0.6 is 7.82 Å². The standard InChI is InChI=1S/C6H13O8P/c7-2-5-3(8)1-4(9)6(13-5)14-15(10,11)12/h3-9H,1-2H2,(H2,10,11,12)/t3-,4+,5+,6-/m0/s1. The molecule has 1 heterocycles. The Hall–Kier alpha value is -0.0500. The van der Waals surface area contributed by atoms with Gasteiger partial charge in [-0.15, -0.1) is 0 Å². The van der Waals surface area contributed by atoms with E-state index in [9.17, 15) is 14.8 Å². The van der Waals surface area contributed by atoms with Crippen LogP contribution in [0.5, 0.6) is 0 Å². The topological polar surface area (TPSA) is 137 Å². The SMILES string of the molecule is O=P(O)(O)O[C@@H]1O[C@H](CO)[C@@H](O)C[C@H]1O. The number of hydrogen-bond donors (Lipinski definition) is 5. The van der Waals surface area contributed by atoms with E-state index in [-0.39, 0.29) is 6.42 Å². The van der Waals surface area contributed by atoms with Crippen molar-refractivity contribution in [3.63, 3.8) is 0 Å². The highest BCUT2D eigenvalue weighted by Crippen LogP contribution is 2.40. The zero-order valence-corrected chi connectivity index (χ0v) is 8.53. The number of phosphoric acid groups is 1. The van der Waals surface area contributed by atoms with Crippen LogP contribution in [0, 0.1) is 0 Å². The second kappa shape index (κ2) is 4.86. The van der Waals surface area contributed by atoms with E-state index >= 15 is 0 Å². The van der Waals surface area contributed by atoms with Crippen LogP contribution in [0.25, 0.3) is 0 Å². The molecule has 1 fully saturated rings. The average molecular weight is 244 g/mol. The zero-order valence-electron chi connectivity index (χ0n) is 7.63. The first kappa shape index (κ1) is 13.0. The lowest BCUT2D eigenvalue weighted by Gasteiger charge is -2.35. The maximum absolute atomic E-state index is 10.5. The van der Waals surface area contributed by atoms with Crippen molar-refractivity contribution in [1.29, 1.82) is 0 Å². The van der Waals surface area contributed by atoms with Gasteiger partial charge in [0.15, 0.2) is 6.29 Å². The van der Waals surface area contributed by atoms with E-state index in [0.29, 0.717) is 0 Å². The highest BCUT2D eigenvalue weighted by atomic mass is 31.2. The van der Waals surface area contributed by atoms with E-state index < -0.39 is 39.0 Å². The minimum Gasteiger partial charge on any atom is -0.394 e. The molecule has 0 radical (unpaired) electrons. The van der Waals surface area contributed by atoms with Gasteiger partial charge in [0.1, 0.15) is 12.2 Å². The predicted molar refractivity (Wildman–Crippen MR) is 45.5 cm³/mol. The summed E-state index contributed by atoms with van der Waals surface area (Å²) in [7, 11) is -4.78. The first-order chi connectivity index (χ1) is 6.83. The van der Waals surface area contributed by atoms with Gasteiger partial charge in [-0.1, -0.05) is 0 Å². The van der Waals surface area contributed by atoms with Crippen LogP contribution in [0.3, 0.4) is 0 Å². The molecule has 0 aromatic rings. The molecule has 8 nitrogen and oxygen atoms in total. The van der Waals surface area contributed by atoms with Gasteiger partial charge in [-0.25, -0.2) is 4.57 Å². The lowest BCUT2D eigenvalue weighted by molar-refractivity contribution is -0.244.